The number of ether oxygens (including phenoxy) is 1. The Balaban J connectivity index is 2.12. The van der Waals surface area contributed by atoms with E-state index in [0.29, 0.717) is 15.9 Å². The summed E-state index contributed by atoms with van der Waals surface area (Å²) in [5.74, 6) is 5.12. The van der Waals surface area contributed by atoms with Crippen molar-refractivity contribution in [2.75, 3.05) is 5.43 Å². The number of benzene rings is 1. The van der Waals surface area contributed by atoms with Gasteiger partial charge in [-0.05, 0) is 34.1 Å². The van der Waals surface area contributed by atoms with Crippen LogP contribution in [0.2, 0.25) is 5.02 Å². The summed E-state index contributed by atoms with van der Waals surface area (Å²) in [5.41, 5.74) is 3.89. The fourth-order valence-corrected chi connectivity index (χ4v) is 2.17. The third kappa shape index (κ3) is 3.56. The van der Waals surface area contributed by atoms with E-state index >= 15 is 0 Å². The van der Waals surface area contributed by atoms with Gasteiger partial charge in [0.15, 0.2) is 0 Å². The zero-order valence-electron chi connectivity index (χ0n) is 9.66. The van der Waals surface area contributed by atoms with E-state index in [4.69, 9.17) is 22.2 Å². The van der Waals surface area contributed by atoms with Gasteiger partial charge in [0.2, 0.25) is 0 Å². The maximum atomic E-state index is 13.3. The third-order valence-electron chi connectivity index (χ3n) is 2.33. The van der Waals surface area contributed by atoms with Gasteiger partial charge in [-0.1, -0.05) is 11.6 Å². The van der Waals surface area contributed by atoms with E-state index < -0.39 is 5.82 Å². The standard InChI is InChI=1S/C12H10BrClFN3O/c13-9-4-10(14)11(15)5-12(9)19-6-8-3-7(18-16)1-2-17-8/h1-5H,6,16H2,(H,17,18). The molecule has 0 fully saturated rings. The second-order valence-corrected chi connectivity index (χ2v) is 4.93. The number of nitrogens with two attached hydrogens (primary N) is 1. The molecule has 0 amide bonds. The van der Waals surface area contributed by atoms with Crippen LogP contribution in [0.15, 0.2) is 34.9 Å². The van der Waals surface area contributed by atoms with Crippen molar-refractivity contribution in [2.45, 2.75) is 6.61 Å². The van der Waals surface area contributed by atoms with Crippen LogP contribution in [0, 0.1) is 5.82 Å². The molecular formula is C12H10BrClFN3O. The van der Waals surface area contributed by atoms with Crippen molar-refractivity contribution in [3.63, 3.8) is 0 Å². The molecule has 1 aromatic heterocycles. The van der Waals surface area contributed by atoms with Crippen molar-refractivity contribution < 1.29 is 9.13 Å². The Kier molecular flexibility index (Phi) is 4.57. The first-order chi connectivity index (χ1) is 9.10. The Morgan fingerprint density at radius 1 is 1.42 bits per heavy atom. The molecule has 0 spiro atoms. The average Bonchev–Trinajstić information content (AvgIpc) is 2.41. The molecule has 2 aromatic rings. The predicted octanol–water partition coefficient (Wildman–Crippen LogP) is 3.50. The summed E-state index contributed by atoms with van der Waals surface area (Å²) >= 11 is 8.90. The van der Waals surface area contributed by atoms with Crippen molar-refractivity contribution in [1.29, 1.82) is 0 Å². The number of hydrogen-bond donors (Lipinski definition) is 2. The average molecular weight is 347 g/mol. The van der Waals surface area contributed by atoms with E-state index in [2.05, 4.69) is 26.3 Å². The van der Waals surface area contributed by atoms with E-state index in [-0.39, 0.29) is 11.6 Å². The molecule has 0 aliphatic heterocycles. The molecular weight excluding hydrogens is 337 g/mol. The molecule has 1 aromatic carbocycles. The molecule has 0 saturated carbocycles. The van der Waals surface area contributed by atoms with Crippen LogP contribution >= 0.6 is 27.5 Å². The molecule has 0 radical (unpaired) electrons. The van der Waals surface area contributed by atoms with Crippen molar-refractivity contribution in [3.8, 4) is 5.75 Å². The number of anilines is 1. The number of pyridine rings is 1. The van der Waals surface area contributed by atoms with Crippen LogP contribution in [0.5, 0.6) is 5.75 Å². The zero-order chi connectivity index (χ0) is 13.8. The highest BCUT2D eigenvalue weighted by molar-refractivity contribution is 9.10. The van der Waals surface area contributed by atoms with Gasteiger partial charge in [-0.3, -0.25) is 10.8 Å². The van der Waals surface area contributed by atoms with Crippen LogP contribution in [0.3, 0.4) is 0 Å². The molecule has 2 rings (SSSR count). The van der Waals surface area contributed by atoms with Crippen molar-refractivity contribution in [1.82, 2.24) is 4.98 Å². The number of rotatable bonds is 4. The first-order valence-electron chi connectivity index (χ1n) is 5.29. The summed E-state index contributed by atoms with van der Waals surface area (Å²) < 4.78 is 19.4. The summed E-state index contributed by atoms with van der Waals surface area (Å²) in [6.45, 7) is 0.190. The summed E-state index contributed by atoms with van der Waals surface area (Å²) in [6, 6.07) is 6.12. The minimum absolute atomic E-state index is 0.0340. The van der Waals surface area contributed by atoms with Gasteiger partial charge in [0.25, 0.3) is 0 Å². The Hall–Kier alpha value is -1.37. The van der Waals surface area contributed by atoms with Crippen LogP contribution in [0.25, 0.3) is 0 Å². The lowest BCUT2D eigenvalue weighted by atomic mass is 10.3. The maximum absolute atomic E-state index is 13.3. The highest BCUT2D eigenvalue weighted by Gasteiger charge is 2.08. The van der Waals surface area contributed by atoms with Crippen molar-refractivity contribution in [3.05, 3.63) is 51.5 Å². The van der Waals surface area contributed by atoms with Gasteiger partial charge in [0.05, 0.1) is 20.9 Å². The number of halogens is 3. The van der Waals surface area contributed by atoms with E-state index in [1.54, 1.807) is 18.3 Å². The van der Waals surface area contributed by atoms with E-state index in [1.807, 2.05) is 0 Å². The Morgan fingerprint density at radius 2 is 2.21 bits per heavy atom. The predicted molar refractivity (Wildman–Crippen MR) is 75.5 cm³/mol. The molecule has 19 heavy (non-hydrogen) atoms. The molecule has 0 atom stereocenters. The highest BCUT2D eigenvalue weighted by atomic mass is 79.9. The number of aromatic nitrogens is 1. The Labute approximate surface area is 122 Å². The molecule has 100 valence electrons. The summed E-state index contributed by atoms with van der Waals surface area (Å²) in [6.07, 6.45) is 1.60. The van der Waals surface area contributed by atoms with Gasteiger partial charge in [-0.25, -0.2) is 4.39 Å². The number of nitrogen functional groups attached to an aromatic ring is 1. The topological polar surface area (TPSA) is 60.2 Å². The van der Waals surface area contributed by atoms with Gasteiger partial charge in [0, 0.05) is 12.3 Å². The lowest BCUT2D eigenvalue weighted by Crippen LogP contribution is -2.08. The van der Waals surface area contributed by atoms with Gasteiger partial charge in [0.1, 0.15) is 18.2 Å². The van der Waals surface area contributed by atoms with Crippen molar-refractivity contribution in [2.24, 2.45) is 5.84 Å². The molecule has 1 heterocycles. The number of hydrazine groups is 1. The molecule has 0 aliphatic rings. The van der Waals surface area contributed by atoms with Gasteiger partial charge < -0.3 is 10.2 Å². The molecule has 0 aliphatic carbocycles. The molecule has 0 saturated heterocycles. The van der Waals surface area contributed by atoms with Crippen LogP contribution in [-0.4, -0.2) is 4.98 Å². The normalized spacial score (nSPS) is 10.3. The molecule has 0 bridgehead atoms. The SMILES string of the molecule is NNc1ccnc(COc2cc(F)c(Cl)cc2Br)c1. The minimum Gasteiger partial charge on any atom is -0.486 e. The lowest BCUT2D eigenvalue weighted by Gasteiger charge is -2.09. The summed E-state index contributed by atoms with van der Waals surface area (Å²) in [5, 5.41) is 0.0340. The largest absolute Gasteiger partial charge is 0.486 e. The van der Waals surface area contributed by atoms with Gasteiger partial charge in [-0.15, -0.1) is 0 Å². The molecule has 4 nitrogen and oxygen atoms in total. The minimum atomic E-state index is -0.537. The monoisotopic (exact) mass is 345 g/mol. The number of hydrogen-bond acceptors (Lipinski definition) is 4. The molecule has 3 N–H and O–H groups in total. The second-order valence-electron chi connectivity index (χ2n) is 3.67. The van der Waals surface area contributed by atoms with E-state index in [1.165, 1.54) is 12.1 Å². The summed E-state index contributed by atoms with van der Waals surface area (Å²) in [7, 11) is 0. The maximum Gasteiger partial charge on any atom is 0.145 e. The zero-order valence-corrected chi connectivity index (χ0v) is 12.0. The highest BCUT2D eigenvalue weighted by Crippen LogP contribution is 2.31. The number of nitrogens with one attached hydrogen (secondary N) is 1. The van der Waals surface area contributed by atoms with Crippen molar-refractivity contribution >= 4 is 33.2 Å². The van der Waals surface area contributed by atoms with Gasteiger partial charge >= 0.3 is 0 Å². The Morgan fingerprint density at radius 3 is 2.95 bits per heavy atom. The fraction of sp³-hybridized carbons (Fsp3) is 0.0833. The van der Waals surface area contributed by atoms with E-state index in [9.17, 15) is 4.39 Å². The molecule has 7 heteroatoms. The van der Waals surface area contributed by atoms with Crippen LogP contribution in [0.4, 0.5) is 10.1 Å². The lowest BCUT2D eigenvalue weighted by molar-refractivity contribution is 0.298. The number of nitrogens with zero attached hydrogens (tertiary/aromatic N) is 1. The third-order valence-corrected chi connectivity index (χ3v) is 3.24. The Bertz CT molecular complexity index is 597. The quantitative estimate of drug-likeness (QED) is 0.505. The van der Waals surface area contributed by atoms with E-state index in [0.717, 1.165) is 5.69 Å². The van der Waals surface area contributed by atoms with Crippen LogP contribution in [-0.2, 0) is 6.61 Å². The fourth-order valence-electron chi connectivity index (χ4n) is 1.41. The first-order valence-corrected chi connectivity index (χ1v) is 6.46. The van der Waals surface area contributed by atoms with Crippen LogP contribution < -0.4 is 16.0 Å². The van der Waals surface area contributed by atoms with Crippen LogP contribution in [0.1, 0.15) is 5.69 Å². The second kappa shape index (κ2) is 6.18. The van der Waals surface area contributed by atoms with Gasteiger partial charge in [-0.2, -0.15) is 0 Å². The smallest absolute Gasteiger partial charge is 0.145 e. The first kappa shape index (κ1) is 14.0. The summed E-state index contributed by atoms with van der Waals surface area (Å²) in [4.78, 5) is 4.12. The molecule has 0 unspecified atom stereocenters.